The highest BCUT2D eigenvalue weighted by Gasteiger charge is 2.40. The van der Waals surface area contributed by atoms with Crippen molar-refractivity contribution in [2.45, 2.75) is 38.5 Å². The van der Waals surface area contributed by atoms with Gasteiger partial charge in [0.25, 0.3) is 0 Å². The molecule has 0 spiro atoms. The van der Waals surface area contributed by atoms with Crippen molar-refractivity contribution in [2.24, 2.45) is 17.0 Å². The van der Waals surface area contributed by atoms with Crippen LogP contribution in [-0.4, -0.2) is 24.8 Å². The molecule has 1 unspecified atom stereocenters. The summed E-state index contributed by atoms with van der Waals surface area (Å²) >= 11 is 0. The van der Waals surface area contributed by atoms with Crippen molar-refractivity contribution in [1.82, 2.24) is 0 Å². The molecule has 0 bridgehead atoms. The van der Waals surface area contributed by atoms with Crippen LogP contribution in [-0.2, 0) is 19.2 Å². The third kappa shape index (κ3) is 2.65. The van der Waals surface area contributed by atoms with E-state index in [0.717, 1.165) is 12.8 Å². The summed E-state index contributed by atoms with van der Waals surface area (Å²) in [7, 11) is 1.27. The summed E-state index contributed by atoms with van der Waals surface area (Å²) in [5.74, 6) is -1.59. The quantitative estimate of drug-likeness (QED) is 0.427. The maximum Gasteiger partial charge on any atom is 0.355 e. The van der Waals surface area contributed by atoms with E-state index in [1.807, 2.05) is 0 Å². The third-order valence-electron chi connectivity index (χ3n) is 3.48. The van der Waals surface area contributed by atoms with Crippen molar-refractivity contribution in [2.75, 3.05) is 7.11 Å². The van der Waals surface area contributed by atoms with Gasteiger partial charge >= 0.3 is 11.9 Å². The molecule has 5 nitrogen and oxygen atoms in total. The molecule has 2 rings (SSSR count). The largest absolute Gasteiger partial charge is 0.468 e. The molecule has 1 heterocycles. The highest BCUT2D eigenvalue weighted by molar-refractivity contribution is 6.18. The summed E-state index contributed by atoms with van der Waals surface area (Å²) in [6, 6.07) is 0. The van der Waals surface area contributed by atoms with E-state index in [1.165, 1.54) is 26.4 Å². The number of esters is 1. The first-order valence-electron chi connectivity index (χ1n) is 6.08. The summed E-state index contributed by atoms with van der Waals surface area (Å²) in [6.45, 7) is 0. The van der Waals surface area contributed by atoms with Gasteiger partial charge in [-0.05, 0) is 12.3 Å². The molecule has 17 heavy (non-hydrogen) atoms. The van der Waals surface area contributed by atoms with Crippen LogP contribution in [0.15, 0.2) is 5.16 Å². The summed E-state index contributed by atoms with van der Waals surface area (Å²) in [5.41, 5.74) is 0.536. The van der Waals surface area contributed by atoms with Crippen molar-refractivity contribution in [3.8, 4) is 0 Å². The van der Waals surface area contributed by atoms with Gasteiger partial charge in [-0.25, -0.2) is 4.79 Å². The number of rotatable bonds is 3. The highest BCUT2D eigenvalue weighted by atomic mass is 16.7. The van der Waals surface area contributed by atoms with Crippen molar-refractivity contribution in [3.63, 3.8) is 0 Å². The molecule has 1 atom stereocenters. The number of carbonyl (C=O) groups is 2. The van der Waals surface area contributed by atoms with Crippen LogP contribution in [0, 0.1) is 11.8 Å². The Morgan fingerprint density at radius 1 is 1.41 bits per heavy atom. The lowest BCUT2D eigenvalue weighted by Gasteiger charge is -2.21. The first-order valence-corrected chi connectivity index (χ1v) is 6.08. The molecule has 0 aromatic rings. The molecular formula is C12H17NO4. The second-order valence-corrected chi connectivity index (χ2v) is 4.66. The summed E-state index contributed by atoms with van der Waals surface area (Å²) in [6.07, 6.45) is 6.66. The lowest BCUT2D eigenvalue weighted by Crippen LogP contribution is -2.30. The molecule has 5 heteroatoms. The Balaban J connectivity index is 1.99. The van der Waals surface area contributed by atoms with Crippen LogP contribution in [0.25, 0.3) is 0 Å². The molecule has 0 saturated heterocycles. The van der Waals surface area contributed by atoms with Crippen molar-refractivity contribution in [3.05, 3.63) is 0 Å². The van der Waals surface area contributed by atoms with E-state index in [-0.39, 0.29) is 0 Å². The smallest absolute Gasteiger partial charge is 0.355 e. The second kappa shape index (κ2) is 5.29. The van der Waals surface area contributed by atoms with Gasteiger partial charge in [0.05, 0.1) is 12.8 Å². The first kappa shape index (κ1) is 12.1. The fraction of sp³-hybridized carbons (Fsp3) is 0.750. The van der Waals surface area contributed by atoms with E-state index < -0.39 is 17.9 Å². The number of nitrogens with zero attached hydrogens (tertiary/aromatic N) is 1. The number of methoxy groups -OCH3 is 1. The second-order valence-electron chi connectivity index (χ2n) is 4.66. The van der Waals surface area contributed by atoms with E-state index >= 15 is 0 Å². The van der Waals surface area contributed by atoms with Crippen molar-refractivity contribution < 1.29 is 19.2 Å². The first-order chi connectivity index (χ1) is 8.22. The molecule has 1 aliphatic heterocycles. The van der Waals surface area contributed by atoms with Gasteiger partial charge in [-0.15, -0.1) is 0 Å². The lowest BCUT2D eigenvalue weighted by atomic mass is 9.83. The minimum Gasteiger partial charge on any atom is -0.468 e. The predicted octanol–water partition coefficient (Wildman–Crippen LogP) is 1.66. The number of carbonyl (C=O) groups excluding carboxylic acids is 2. The molecule has 1 saturated carbocycles. The van der Waals surface area contributed by atoms with E-state index in [9.17, 15) is 9.59 Å². The van der Waals surface area contributed by atoms with Crippen molar-refractivity contribution >= 4 is 17.7 Å². The Bertz CT molecular complexity index is 344. The van der Waals surface area contributed by atoms with Crippen LogP contribution >= 0.6 is 0 Å². The van der Waals surface area contributed by atoms with Crippen molar-refractivity contribution in [1.29, 1.82) is 0 Å². The normalized spacial score (nSPS) is 25.4. The molecule has 0 N–H and O–H groups in total. The Hall–Kier alpha value is -1.39. The van der Waals surface area contributed by atoms with Crippen LogP contribution in [0.2, 0.25) is 0 Å². The summed E-state index contributed by atoms with van der Waals surface area (Å²) < 4.78 is 4.60. The van der Waals surface area contributed by atoms with Crippen LogP contribution in [0.5, 0.6) is 0 Å². The van der Waals surface area contributed by atoms with Gasteiger partial charge in [-0.1, -0.05) is 37.3 Å². The van der Waals surface area contributed by atoms with Gasteiger partial charge in [0.1, 0.15) is 0 Å². The SMILES string of the molecule is COC(=O)C1C(=O)ON=C1CC1CCCCC1. The molecule has 0 aromatic carbocycles. The predicted molar refractivity (Wildman–Crippen MR) is 60.2 cm³/mol. The minimum absolute atomic E-state index is 0.518. The number of ether oxygens (including phenoxy) is 1. The molecular weight excluding hydrogens is 222 g/mol. The maximum atomic E-state index is 11.5. The Morgan fingerprint density at radius 2 is 2.12 bits per heavy atom. The van der Waals surface area contributed by atoms with Gasteiger partial charge < -0.3 is 9.57 Å². The zero-order valence-electron chi connectivity index (χ0n) is 9.98. The van der Waals surface area contributed by atoms with Gasteiger partial charge in [-0.2, -0.15) is 0 Å². The summed E-state index contributed by atoms with van der Waals surface area (Å²) in [5, 5.41) is 3.73. The molecule has 1 aliphatic carbocycles. The number of hydrogen-bond donors (Lipinski definition) is 0. The Morgan fingerprint density at radius 3 is 2.76 bits per heavy atom. The molecule has 0 amide bonds. The minimum atomic E-state index is -0.929. The Kier molecular flexibility index (Phi) is 3.76. The lowest BCUT2D eigenvalue weighted by molar-refractivity contribution is -0.154. The Labute approximate surface area is 100 Å². The van der Waals surface area contributed by atoms with Crippen LogP contribution < -0.4 is 0 Å². The van der Waals surface area contributed by atoms with Gasteiger partial charge in [0, 0.05) is 0 Å². The van der Waals surface area contributed by atoms with E-state index in [2.05, 4.69) is 14.7 Å². The number of hydrogen-bond acceptors (Lipinski definition) is 5. The average Bonchev–Trinajstić information content (AvgIpc) is 2.71. The number of oxime groups is 1. The third-order valence-corrected chi connectivity index (χ3v) is 3.48. The van der Waals surface area contributed by atoms with Gasteiger partial charge in [0.2, 0.25) is 0 Å². The fourth-order valence-electron chi connectivity index (χ4n) is 2.54. The zero-order chi connectivity index (χ0) is 12.3. The van der Waals surface area contributed by atoms with Gasteiger partial charge in [0.15, 0.2) is 5.92 Å². The fourth-order valence-corrected chi connectivity index (χ4v) is 2.54. The van der Waals surface area contributed by atoms with Gasteiger partial charge in [-0.3, -0.25) is 4.79 Å². The topological polar surface area (TPSA) is 65.0 Å². The molecule has 2 aliphatic rings. The summed E-state index contributed by atoms with van der Waals surface area (Å²) in [4.78, 5) is 27.5. The molecule has 1 fully saturated rings. The van der Waals surface area contributed by atoms with Crippen LogP contribution in [0.4, 0.5) is 0 Å². The maximum absolute atomic E-state index is 11.5. The standard InChI is InChI=1S/C12H17NO4/c1-16-11(14)10-9(13-17-12(10)15)7-8-5-3-2-4-6-8/h8,10H,2-7H2,1H3. The van der Waals surface area contributed by atoms with Crippen LogP contribution in [0.1, 0.15) is 38.5 Å². The highest BCUT2D eigenvalue weighted by Crippen LogP contribution is 2.29. The monoisotopic (exact) mass is 239 g/mol. The van der Waals surface area contributed by atoms with E-state index in [1.54, 1.807) is 0 Å². The molecule has 94 valence electrons. The molecule has 0 aromatic heterocycles. The molecule has 0 radical (unpaired) electrons. The van der Waals surface area contributed by atoms with Crippen LogP contribution in [0.3, 0.4) is 0 Å². The zero-order valence-corrected chi connectivity index (χ0v) is 9.98. The average molecular weight is 239 g/mol. The van der Waals surface area contributed by atoms with E-state index in [0.29, 0.717) is 18.1 Å². The van der Waals surface area contributed by atoms with E-state index in [4.69, 9.17) is 0 Å².